The van der Waals surface area contributed by atoms with Crippen LogP contribution in [0.5, 0.6) is 5.75 Å². The number of nitrogens with zero attached hydrogens (tertiary/aromatic N) is 2. The van der Waals surface area contributed by atoms with Gasteiger partial charge in [-0.1, -0.05) is 6.42 Å². The third kappa shape index (κ3) is 4.13. The molecular formula is C28H33FN4O8. The maximum Gasteiger partial charge on any atom is 0.255 e. The quantitative estimate of drug-likeness (QED) is 0.221. The molecule has 1 saturated heterocycles. The number of aliphatic hydroxyl groups is 3. The van der Waals surface area contributed by atoms with Crippen molar-refractivity contribution in [1.82, 2.24) is 9.80 Å². The Morgan fingerprint density at radius 1 is 1.20 bits per heavy atom. The van der Waals surface area contributed by atoms with Crippen molar-refractivity contribution in [3.63, 3.8) is 0 Å². The standard InChI is InChI=1S/C28H33FN4O8/c1-32(2)20-13-9-11-8-12-14(29)10-15(31-27(40)16-6-4-5-7-33(16)3)21(34)18(12)22(35)17(11)24(37)28(13,41)25(38)19(23(20)36)26(30)39/h10-11,13,16,20,34,36-37,41H,4-9H2,1-3H3,(H2,30,39)(H,31,40)/t11-,13-,16-,20-,28-/m0/s1. The first kappa shape index (κ1) is 28.7. The second-order valence-electron chi connectivity index (χ2n) is 11.6. The summed E-state index contributed by atoms with van der Waals surface area (Å²) in [5, 5.41) is 47.4. The number of rotatable bonds is 4. The van der Waals surface area contributed by atoms with E-state index in [1.807, 2.05) is 4.90 Å². The molecule has 1 heterocycles. The molecule has 220 valence electrons. The van der Waals surface area contributed by atoms with Crippen LogP contribution in [0.3, 0.4) is 0 Å². The Labute approximate surface area is 234 Å². The lowest BCUT2D eigenvalue weighted by molar-refractivity contribution is -0.148. The van der Waals surface area contributed by atoms with Crippen molar-refractivity contribution in [3.8, 4) is 5.75 Å². The van der Waals surface area contributed by atoms with Crippen LogP contribution in [0.2, 0.25) is 0 Å². The van der Waals surface area contributed by atoms with E-state index in [0.717, 1.165) is 18.9 Å². The average Bonchev–Trinajstić information content (AvgIpc) is 2.89. The Balaban J connectivity index is 1.60. The Morgan fingerprint density at radius 3 is 2.49 bits per heavy atom. The van der Waals surface area contributed by atoms with Gasteiger partial charge in [-0.15, -0.1) is 0 Å². The van der Waals surface area contributed by atoms with Crippen molar-refractivity contribution < 1.29 is 44.0 Å². The molecule has 0 bridgehead atoms. The van der Waals surface area contributed by atoms with E-state index < -0.39 is 92.7 Å². The molecule has 0 unspecified atom stereocenters. The number of hydrogen-bond acceptors (Lipinski definition) is 10. The lowest BCUT2D eigenvalue weighted by atomic mass is 9.58. The first-order valence-electron chi connectivity index (χ1n) is 13.4. The number of allylic oxidation sites excluding steroid dienone is 1. The van der Waals surface area contributed by atoms with Crippen molar-refractivity contribution in [2.24, 2.45) is 17.6 Å². The smallest absolute Gasteiger partial charge is 0.255 e. The minimum atomic E-state index is -2.80. The number of Topliss-reactive ketones (excluding diaryl/α,β-unsaturated/α-hetero) is 2. The first-order chi connectivity index (χ1) is 19.2. The Hall–Kier alpha value is -3.81. The molecule has 3 aliphatic carbocycles. The molecule has 1 aromatic carbocycles. The number of amides is 2. The molecule has 1 aromatic rings. The van der Waals surface area contributed by atoms with E-state index in [1.165, 1.54) is 19.0 Å². The van der Waals surface area contributed by atoms with Crippen LogP contribution in [-0.4, -0.2) is 99.0 Å². The number of phenolic OH excluding ortho intramolecular Hbond substituents is 1. The van der Waals surface area contributed by atoms with Gasteiger partial charge in [0.05, 0.1) is 23.3 Å². The Morgan fingerprint density at radius 2 is 1.88 bits per heavy atom. The number of anilines is 1. The third-order valence-electron chi connectivity index (χ3n) is 9.00. The minimum absolute atomic E-state index is 0.145. The van der Waals surface area contributed by atoms with Crippen LogP contribution in [-0.2, 0) is 20.8 Å². The number of fused-ring (bicyclic) bond motifs is 3. The molecular weight excluding hydrogens is 539 g/mol. The SMILES string of the molecule is CN(C)[C@@H]1C(O)=C(C(N)=O)C(=O)[C@@]2(O)C(O)=C3C(=O)c4c(O)c(NC(=O)[C@@H]5CCCCN5C)cc(F)c4C[C@H]3C[C@@H]12. The first-order valence-corrected chi connectivity index (χ1v) is 13.4. The molecule has 0 saturated carbocycles. The number of carbonyl (C=O) groups is 4. The number of likely N-dealkylation sites (N-methyl/N-ethyl adjacent to an activating group) is 2. The van der Waals surface area contributed by atoms with E-state index in [0.29, 0.717) is 13.0 Å². The molecule has 0 radical (unpaired) electrons. The van der Waals surface area contributed by atoms with Crippen molar-refractivity contribution in [3.05, 3.63) is 45.7 Å². The summed E-state index contributed by atoms with van der Waals surface area (Å²) in [7, 11) is 4.82. The van der Waals surface area contributed by atoms with Crippen LogP contribution < -0.4 is 11.1 Å². The number of ketones is 2. The van der Waals surface area contributed by atoms with Crippen molar-refractivity contribution >= 4 is 29.1 Å². The number of nitrogens with two attached hydrogens (primary N) is 1. The zero-order chi connectivity index (χ0) is 30.1. The average molecular weight is 573 g/mol. The number of phenols is 1. The van der Waals surface area contributed by atoms with Crippen LogP contribution in [0.1, 0.15) is 41.6 Å². The van der Waals surface area contributed by atoms with Gasteiger partial charge in [0.15, 0.2) is 17.1 Å². The number of likely N-dealkylation sites (tertiary alicyclic amines) is 1. The molecule has 5 atom stereocenters. The third-order valence-corrected chi connectivity index (χ3v) is 9.00. The number of benzene rings is 1. The number of halogens is 1. The molecule has 0 aromatic heterocycles. The number of piperidine rings is 1. The van der Waals surface area contributed by atoms with Crippen LogP contribution >= 0.6 is 0 Å². The topological polar surface area (TPSA) is 194 Å². The second kappa shape index (κ2) is 9.93. The highest BCUT2D eigenvalue weighted by molar-refractivity contribution is 6.25. The largest absolute Gasteiger partial charge is 0.510 e. The van der Waals surface area contributed by atoms with E-state index >= 15 is 4.39 Å². The monoisotopic (exact) mass is 572 g/mol. The molecule has 0 spiro atoms. The highest BCUT2D eigenvalue weighted by atomic mass is 19.1. The predicted octanol–water partition coefficient (Wildman–Crippen LogP) is 0.683. The summed E-state index contributed by atoms with van der Waals surface area (Å²) in [5.74, 6) is -9.60. The summed E-state index contributed by atoms with van der Waals surface area (Å²) in [6, 6.07) is -0.713. The van der Waals surface area contributed by atoms with Crippen molar-refractivity contribution in [1.29, 1.82) is 0 Å². The minimum Gasteiger partial charge on any atom is -0.510 e. The maximum atomic E-state index is 15.5. The molecule has 5 rings (SSSR count). The maximum absolute atomic E-state index is 15.5. The van der Waals surface area contributed by atoms with Crippen LogP contribution in [0.15, 0.2) is 28.7 Å². The summed E-state index contributed by atoms with van der Waals surface area (Å²) in [6.07, 6.45) is 1.97. The molecule has 2 amide bonds. The van der Waals surface area contributed by atoms with Gasteiger partial charge in [0.25, 0.3) is 5.91 Å². The Bertz CT molecular complexity index is 1450. The van der Waals surface area contributed by atoms with Gasteiger partial charge in [0.2, 0.25) is 11.7 Å². The molecule has 1 fully saturated rings. The molecule has 7 N–H and O–H groups in total. The lowest BCUT2D eigenvalue weighted by Crippen LogP contribution is -2.63. The molecule has 12 nitrogen and oxygen atoms in total. The Kier molecular flexibility index (Phi) is 6.95. The van der Waals surface area contributed by atoms with Gasteiger partial charge in [-0.25, -0.2) is 4.39 Å². The fourth-order valence-electron chi connectivity index (χ4n) is 6.99. The lowest BCUT2D eigenvalue weighted by Gasteiger charge is -2.50. The van der Waals surface area contributed by atoms with Gasteiger partial charge in [0.1, 0.15) is 22.9 Å². The second-order valence-corrected chi connectivity index (χ2v) is 11.6. The molecule has 13 heteroatoms. The van der Waals surface area contributed by atoms with E-state index in [1.54, 1.807) is 7.05 Å². The number of carbonyl (C=O) groups excluding carboxylic acids is 4. The number of aromatic hydroxyl groups is 1. The summed E-state index contributed by atoms with van der Waals surface area (Å²) in [5.41, 5.74) is 0.245. The molecule has 41 heavy (non-hydrogen) atoms. The highest BCUT2D eigenvalue weighted by Crippen LogP contribution is 2.53. The van der Waals surface area contributed by atoms with Gasteiger partial charge < -0.3 is 31.5 Å². The number of primary amides is 1. The van der Waals surface area contributed by atoms with Gasteiger partial charge in [0, 0.05) is 23.1 Å². The highest BCUT2D eigenvalue weighted by Gasteiger charge is 2.63. The van der Waals surface area contributed by atoms with Crippen molar-refractivity contribution in [2.45, 2.75) is 49.8 Å². The summed E-state index contributed by atoms with van der Waals surface area (Å²) in [4.78, 5) is 55.5. The zero-order valence-electron chi connectivity index (χ0n) is 22.9. The molecule has 1 aliphatic heterocycles. The summed E-state index contributed by atoms with van der Waals surface area (Å²) < 4.78 is 15.5. The van der Waals surface area contributed by atoms with E-state index in [2.05, 4.69) is 5.32 Å². The zero-order valence-corrected chi connectivity index (χ0v) is 22.9. The van der Waals surface area contributed by atoms with Gasteiger partial charge >= 0.3 is 0 Å². The number of nitrogens with one attached hydrogen (secondary N) is 1. The van der Waals surface area contributed by atoms with Crippen LogP contribution in [0.4, 0.5) is 10.1 Å². The van der Waals surface area contributed by atoms with E-state index in [-0.39, 0.29) is 24.1 Å². The predicted molar refractivity (Wildman–Crippen MR) is 143 cm³/mol. The number of aliphatic hydroxyl groups excluding tert-OH is 2. The summed E-state index contributed by atoms with van der Waals surface area (Å²) in [6.45, 7) is 0.692. The fourth-order valence-corrected chi connectivity index (χ4v) is 6.99. The van der Waals surface area contributed by atoms with Crippen molar-refractivity contribution in [2.75, 3.05) is 33.0 Å². The fraction of sp³-hybridized carbons (Fsp3) is 0.500. The van der Waals surface area contributed by atoms with Crippen LogP contribution in [0.25, 0.3) is 0 Å². The molecule has 4 aliphatic rings. The van der Waals surface area contributed by atoms with E-state index in [9.17, 15) is 39.6 Å². The number of hydrogen-bond donors (Lipinski definition) is 6. The van der Waals surface area contributed by atoms with Crippen LogP contribution in [0, 0.1) is 17.7 Å². The normalized spacial score (nSPS) is 30.2. The van der Waals surface area contributed by atoms with E-state index in [4.69, 9.17) is 5.73 Å². The van der Waals surface area contributed by atoms with Gasteiger partial charge in [-0.05, 0) is 59.3 Å². The summed E-state index contributed by atoms with van der Waals surface area (Å²) >= 11 is 0. The van der Waals surface area contributed by atoms with Gasteiger partial charge in [-0.3, -0.25) is 29.0 Å². The van der Waals surface area contributed by atoms with Gasteiger partial charge in [-0.2, -0.15) is 0 Å².